The van der Waals surface area contributed by atoms with Crippen molar-refractivity contribution in [3.8, 4) is 6.07 Å². The van der Waals surface area contributed by atoms with Crippen molar-refractivity contribution in [3.05, 3.63) is 47.7 Å². The van der Waals surface area contributed by atoms with Gasteiger partial charge in [0.25, 0.3) is 0 Å². The molecule has 160 valence electrons. The van der Waals surface area contributed by atoms with Crippen LogP contribution in [0.5, 0.6) is 0 Å². The molecule has 1 fully saturated rings. The van der Waals surface area contributed by atoms with E-state index in [1.165, 1.54) is 0 Å². The van der Waals surface area contributed by atoms with Gasteiger partial charge >= 0.3 is 0 Å². The first-order chi connectivity index (χ1) is 13.7. The number of nitriles is 1. The maximum atomic E-state index is 13.0. The first-order valence-corrected chi connectivity index (χ1v) is 10.6. The summed E-state index contributed by atoms with van der Waals surface area (Å²) in [6.45, 7) is 17.7. The second kappa shape index (κ2) is 11.0. The molecule has 0 aromatic heterocycles. The van der Waals surface area contributed by atoms with Crippen molar-refractivity contribution in [1.82, 2.24) is 15.5 Å². The Labute approximate surface area is 177 Å². The minimum absolute atomic E-state index is 0.0191. The average molecular weight is 399 g/mol. The predicted octanol–water partition coefficient (Wildman–Crippen LogP) is 4.37. The number of nitrogens with zero attached hydrogens (tertiary/aromatic N) is 2. The number of amides is 1. The molecule has 1 aromatic carbocycles. The molecular weight excluding hydrogens is 360 g/mol. The van der Waals surface area contributed by atoms with Gasteiger partial charge in [0.2, 0.25) is 5.91 Å². The third-order valence-electron chi connectivity index (χ3n) is 5.31. The third-order valence-corrected chi connectivity index (χ3v) is 5.31. The lowest BCUT2D eigenvalue weighted by atomic mass is 9.84. The fourth-order valence-corrected chi connectivity index (χ4v) is 3.89. The summed E-state index contributed by atoms with van der Waals surface area (Å²) in [5, 5.41) is 15.4. The summed E-state index contributed by atoms with van der Waals surface area (Å²) < 4.78 is 0. The highest BCUT2D eigenvalue weighted by Gasteiger charge is 2.37. The van der Waals surface area contributed by atoms with E-state index in [1.54, 1.807) is 12.1 Å². The van der Waals surface area contributed by atoms with Crippen molar-refractivity contribution >= 4 is 5.91 Å². The predicted molar refractivity (Wildman–Crippen MR) is 120 cm³/mol. The van der Waals surface area contributed by atoms with Crippen LogP contribution in [0.3, 0.4) is 0 Å². The van der Waals surface area contributed by atoms with E-state index in [0.29, 0.717) is 5.56 Å². The molecule has 0 radical (unpaired) electrons. The molecule has 0 saturated carbocycles. The zero-order valence-corrected chi connectivity index (χ0v) is 19.2. The summed E-state index contributed by atoms with van der Waals surface area (Å²) >= 11 is 0. The standard InChI is InChI=1S/C22H32N4O.C2H6/c1-15(18-11-9-17(14-23)10-12-18)25-21(27)19-8-7-13-26(19)16(2)20(24-6)22(3,4)5;1-2/h9-12,15,19-20,24H,2,7-8,13H2,1,3-6H3,(H,25,27);1-2H3. The summed E-state index contributed by atoms with van der Waals surface area (Å²) in [4.78, 5) is 15.1. The maximum absolute atomic E-state index is 13.0. The van der Waals surface area contributed by atoms with E-state index in [1.807, 2.05) is 40.0 Å². The Bertz CT molecular complexity index is 712. The van der Waals surface area contributed by atoms with E-state index in [2.05, 4.69) is 49.0 Å². The van der Waals surface area contributed by atoms with Gasteiger partial charge in [-0.15, -0.1) is 0 Å². The van der Waals surface area contributed by atoms with Gasteiger partial charge in [-0.1, -0.05) is 53.3 Å². The van der Waals surface area contributed by atoms with Gasteiger partial charge in [0.15, 0.2) is 0 Å². The molecule has 3 atom stereocenters. The molecule has 29 heavy (non-hydrogen) atoms. The van der Waals surface area contributed by atoms with Crippen LogP contribution >= 0.6 is 0 Å². The number of nitrogens with one attached hydrogen (secondary N) is 2. The van der Waals surface area contributed by atoms with Crippen LogP contribution in [0, 0.1) is 16.7 Å². The number of hydrogen-bond donors (Lipinski definition) is 2. The molecule has 3 unspecified atom stereocenters. The number of likely N-dealkylation sites (tertiary alicyclic amines) is 1. The molecule has 2 N–H and O–H groups in total. The van der Waals surface area contributed by atoms with Gasteiger partial charge in [0.05, 0.1) is 23.7 Å². The van der Waals surface area contributed by atoms with Crippen molar-refractivity contribution < 1.29 is 4.79 Å². The second-order valence-corrected chi connectivity index (χ2v) is 8.39. The van der Waals surface area contributed by atoms with Crippen LogP contribution in [0.15, 0.2) is 36.5 Å². The number of carbonyl (C=O) groups excluding carboxylic acids is 1. The molecule has 0 bridgehead atoms. The van der Waals surface area contributed by atoms with Gasteiger partial charge in [0.1, 0.15) is 6.04 Å². The van der Waals surface area contributed by atoms with Gasteiger partial charge in [-0.05, 0) is 49.9 Å². The molecule has 1 aliphatic heterocycles. The van der Waals surface area contributed by atoms with Gasteiger partial charge in [-0.25, -0.2) is 0 Å². The first kappa shape index (κ1) is 24.7. The van der Waals surface area contributed by atoms with Crippen molar-refractivity contribution in [1.29, 1.82) is 5.26 Å². The van der Waals surface area contributed by atoms with Gasteiger partial charge in [0, 0.05) is 12.2 Å². The third kappa shape index (κ3) is 6.33. The van der Waals surface area contributed by atoms with Crippen LogP contribution in [0.2, 0.25) is 0 Å². The van der Waals surface area contributed by atoms with Crippen LogP contribution in [0.1, 0.15) is 71.6 Å². The number of hydrogen-bond acceptors (Lipinski definition) is 4. The first-order valence-electron chi connectivity index (χ1n) is 10.6. The summed E-state index contributed by atoms with van der Waals surface area (Å²) in [5.74, 6) is 0.0364. The molecular formula is C24H38N4O. The van der Waals surface area contributed by atoms with Gasteiger partial charge < -0.3 is 15.5 Å². The highest BCUT2D eigenvalue weighted by Crippen LogP contribution is 2.31. The van der Waals surface area contributed by atoms with Crippen LogP contribution in [-0.2, 0) is 4.79 Å². The lowest BCUT2D eigenvalue weighted by Crippen LogP contribution is -2.50. The number of likely N-dealkylation sites (N-methyl/N-ethyl adjacent to an activating group) is 1. The summed E-state index contributed by atoms with van der Waals surface area (Å²) in [5.41, 5.74) is 2.61. The Morgan fingerprint density at radius 3 is 2.34 bits per heavy atom. The molecule has 1 saturated heterocycles. The Kier molecular flexibility index (Phi) is 9.39. The van der Waals surface area contributed by atoms with Crippen molar-refractivity contribution in [2.45, 2.75) is 72.5 Å². The molecule has 0 aliphatic carbocycles. The molecule has 5 heteroatoms. The fraction of sp³-hybridized carbons (Fsp3) is 0.583. The minimum atomic E-state index is -0.184. The van der Waals surface area contributed by atoms with E-state index in [4.69, 9.17) is 5.26 Å². The van der Waals surface area contributed by atoms with Gasteiger partial charge in [-0.3, -0.25) is 4.79 Å². The van der Waals surface area contributed by atoms with E-state index in [9.17, 15) is 4.79 Å². The Morgan fingerprint density at radius 1 is 1.28 bits per heavy atom. The molecule has 1 aliphatic rings. The summed E-state index contributed by atoms with van der Waals surface area (Å²) in [6, 6.07) is 9.29. The minimum Gasteiger partial charge on any atom is -0.362 e. The van der Waals surface area contributed by atoms with E-state index in [0.717, 1.165) is 30.6 Å². The van der Waals surface area contributed by atoms with Crippen LogP contribution < -0.4 is 10.6 Å². The normalized spacial score (nSPS) is 18.1. The highest BCUT2D eigenvalue weighted by atomic mass is 16.2. The Hall–Kier alpha value is -2.32. The largest absolute Gasteiger partial charge is 0.362 e. The topological polar surface area (TPSA) is 68.2 Å². The average Bonchev–Trinajstić information content (AvgIpc) is 3.19. The molecule has 0 spiro atoms. The smallest absolute Gasteiger partial charge is 0.243 e. The molecule has 5 nitrogen and oxygen atoms in total. The fourth-order valence-electron chi connectivity index (χ4n) is 3.89. The Morgan fingerprint density at radius 2 is 1.86 bits per heavy atom. The lowest BCUT2D eigenvalue weighted by molar-refractivity contribution is -0.125. The molecule has 1 heterocycles. The second-order valence-electron chi connectivity index (χ2n) is 8.39. The van der Waals surface area contributed by atoms with E-state index >= 15 is 0 Å². The molecule has 2 rings (SSSR count). The summed E-state index contributed by atoms with van der Waals surface area (Å²) in [7, 11) is 1.94. The number of benzene rings is 1. The van der Waals surface area contributed by atoms with Crippen molar-refractivity contribution in [3.63, 3.8) is 0 Å². The maximum Gasteiger partial charge on any atom is 0.243 e. The van der Waals surface area contributed by atoms with Crippen LogP contribution in [-0.4, -0.2) is 36.5 Å². The molecule has 1 amide bonds. The lowest BCUT2D eigenvalue weighted by Gasteiger charge is -2.39. The van der Waals surface area contributed by atoms with Crippen molar-refractivity contribution in [2.24, 2.45) is 5.41 Å². The number of rotatable bonds is 6. The molecule has 1 aromatic rings. The quantitative estimate of drug-likeness (QED) is 0.746. The number of carbonyl (C=O) groups is 1. The highest BCUT2D eigenvalue weighted by molar-refractivity contribution is 5.82. The van der Waals surface area contributed by atoms with E-state index in [-0.39, 0.29) is 29.4 Å². The van der Waals surface area contributed by atoms with Gasteiger partial charge in [-0.2, -0.15) is 5.26 Å². The van der Waals surface area contributed by atoms with E-state index < -0.39 is 0 Å². The zero-order valence-electron chi connectivity index (χ0n) is 19.2. The SMILES string of the molecule is C=C(C(NC)C(C)(C)C)N1CCCC1C(=O)NC(C)c1ccc(C#N)cc1.CC. The van der Waals surface area contributed by atoms with Crippen LogP contribution in [0.4, 0.5) is 0 Å². The Balaban J connectivity index is 0.00000204. The zero-order chi connectivity index (χ0) is 22.2. The monoisotopic (exact) mass is 398 g/mol. The van der Waals surface area contributed by atoms with Crippen molar-refractivity contribution in [2.75, 3.05) is 13.6 Å². The van der Waals surface area contributed by atoms with Crippen LogP contribution in [0.25, 0.3) is 0 Å². The summed E-state index contributed by atoms with van der Waals surface area (Å²) in [6.07, 6.45) is 1.83.